The Morgan fingerprint density at radius 1 is 1.20 bits per heavy atom. The van der Waals surface area contributed by atoms with E-state index in [1.165, 1.54) is 0 Å². The van der Waals surface area contributed by atoms with E-state index in [4.69, 9.17) is 37.4 Å². The van der Waals surface area contributed by atoms with Gasteiger partial charge in [0.2, 0.25) is 0 Å². The Labute approximate surface area is 186 Å². The van der Waals surface area contributed by atoms with Crippen LogP contribution >= 0.6 is 23.2 Å². The molecule has 0 bridgehead atoms. The summed E-state index contributed by atoms with van der Waals surface area (Å²) in [5, 5.41) is 1.14. The van der Waals surface area contributed by atoms with Crippen LogP contribution in [0.25, 0.3) is 0 Å². The Morgan fingerprint density at radius 3 is 2.60 bits per heavy atom. The third kappa shape index (κ3) is 3.75. The van der Waals surface area contributed by atoms with E-state index in [0.717, 1.165) is 16.7 Å². The topological polar surface area (TPSA) is 48.0 Å². The van der Waals surface area contributed by atoms with Crippen LogP contribution in [0.5, 0.6) is 11.5 Å². The van der Waals surface area contributed by atoms with Gasteiger partial charge in [-0.15, -0.1) is 0 Å². The third-order valence-corrected chi connectivity index (χ3v) is 6.94. The molecule has 1 fully saturated rings. The van der Waals surface area contributed by atoms with Crippen LogP contribution < -0.4 is 9.47 Å². The molecule has 4 rings (SSSR count). The van der Waals surface area contributed by atoms with Crippen LogP contribution in [0.1, 0.15) is 39.9 Å². The Balaban J connectivity index is 1.65. The monoisotopic (exact) mass is 449 g/mol. The smallest absolute Gasteiger partial charge is 0.256 e. The summed E-state index contributed by atoms with van der Waals surface area (Å²) in [7, 11) is 3.22. The fraction of sp³-hybridized carbons (Fsp3) is 0.435. The van der Waals surface area contributed by atoms with E-state index >= 15 is 0 Å². The van der Waals surface area contributed by atoms with E-state index < -0.39 is 0 Å². The molecule has 0 radical (unpaired) electrons. The maximum atomic E-state index is 13.4. The average molecular weight is 450 g/mol. The third-order valence-electron chi connectivity index (χ3n) is 6.20. The van der Waals surface area contributed by atoms with Crippen molar-refractivity contribution in [2.45, 2.75) is 25.8 Å². The van der Waals surface area contributed by atoms with Crippen molar-refractivity contribution in [3.63, 3.8) is 0 Å². The number of carbonyl (C=O) groups excluding carboxylic acids is 1. The van der Waals surface area contributed by atoms with Crippen molar-refractivity contribution < 1.29 is 19.0 Å². The molecule has 0 aromatic heterocycles. The van der Waals surface area contributed by atoms with Gasteiger partial charge < -0.3 is 19.1 Å². The minimum atomic E-state index is -0.0973. The van der Waals surface area contributed by atoms with Gasteiger partial charge in [0.1, 0.15) is 11.5 Å². The van der Waals surface area contributed by atoms with Crippen molar-refractivity contribution in [1.82, 2.24) is 4.90 Å². The molecule has 2 heterocycles. The van der Waals surface area contributed by atoms with E-state index in [1.54, 1.807) is 19.1 Å². The summed E-state index contributed by atoms with van der Waals surface area (Å²) in [6, 6.07) is 7.54. The van der Waals surface area contributed by atoms with Gasteiger partial charge in [-0.1, -0.05) is 30.1 Å². The zero-order valence-corrected chi connectivity index (χ0v) is 18.8. The highest BCUT2D eigenvalue weighted by atomic mass is 35.5. The highest BCUT2D eigenvalue weighted by Gasteiger charge is 2.34. The number of benzene rings is 2. The van der Waals surface area contributed by atoms with E-state index in [2.05, 4.69) is 6.92 Å². The second kappa shape index (κ2) is 8.66. The summed E-state index contributed by atoms with van der Waals surface area (Å²) in [5.41, 5.74) is 3.20. The number of halogens is 2. The van der Waals surface area contributed by atoms with Crippen LogP contribution in [-0.2, 0) is 17.7 Å². The lowest BCUT2D eigenvalue weighted by atomic mass is 9.84. The predicted octanol–water partition coefficient (Wildman–Crippen LogP) is 4.96. The molecular formula is C23H25Cl2NO4. The van der Waals surface area contributed by atoms with Gasteiger partial charge in [0.05, 0.1) is 38.0 Å². The molecule has 1 amide bonds. The first-order valence-corrected chi connectivity index (χ1v) is 10.8. The normalized spacial score (nSPS) is 17.4. The minimum Gasteiger partial charge on any atom is -0.497 e. The van der Waals surface area contributed by atoms with Crippen molar-refractivity contribution in [2.75, 3.05) is 34.0 Å². The molecule has 2 aromatic carbocycles. The summed E-state index contributed by atoms with van der Waals surface area (Å²) in [4.78, 5) is 15.2. The highest BCUT2D eigenvalue weighted by molar-refractivity contribution is 6.37. The Hall–Kier alpha value is -1.95. The molecular weight excluding hydrogens is 425 g/mol. The van der Waals surface area contributed by atoms with Crippen molar-refractivity contribution in [2.24, 2.45) is 5.92 Å². The van der Waals surface area contributed by atoms with E-state index in [1.807, 2.05) is 24.3 Å². The average Bonchev–Trinajstić information content (AvgIpc) is 2.70. The summed E-state index contributed by atoms with van der Waals surface area (Å²) >= 11 is 13.4. The lowest BCUT2D eigenvalue weighted by Crippen LogP contribution is -2.38. The van der Waals surface area contributed by atoms with Crippen LogP contribution in [0.3, 0.4) is 0 Å². The largest absolute Gasteiger partial charge is 0.497 e. The van der Waals surface area contributed by atoms with Crippen molar-refractivity contribution in [1.29, 1.82) is 0 Å². The maximum absolute atomic E-state index is 13.4. The van der Waals surface area contributed by atoms with Crippen LogP contribution in [0.15, 0.2) is 24.3 Å². The Kier molecular flexibility index (Phi) is 6.14. The van der Waals surface area contributed by atoms with Gasteiger partial charge in [-0.05, 0) is 41.7 Å². The summed E-state index contributed by atoms with van der Waals surface area (Å²) in [6.45, 7) is 4.54. The van der Waals surface area contributed by atoms with E-state index in [9.17, 15) is 4.79 Å². The SMILES string of the molecule is COc1ccc(CN2CCc3c(Cl)cc(C(C)C4COC4)c(Cl)c3C2=O)c(OC)c1. The molecule has 0 N–H and O–H groups in total. The quantitative estimate of drug-likeness (QED) is 0.625. The molecule has 2 aliphatic rings. The zero-order valence-electron chi connectivity index (χ0n) is 17.3. The van der Waals surface area contributed by atoms with Crippen molar-refractivity contribution in [3.8, 4) is 11.5 Å². The zero-order chi connectivity index (χ0) is 21.4. The van der Waals surface area contributed by atoms with Gasteiger partial charge in [0.25, 0.3) is 5.91 Å². The molecule has 0 saturated carbocycles. The van der Waals surface area contributed by atoms with Gasteiger partial charge in [-0.2, -0.15) is 0 Å². The Bertz CT molecular complexity index is 974. The van der Waals surface area contributed by atoms with Gasteiger partial charge >= 0.3 is 0 Å². The lowest BCUT2D eigenvalue weighted by molar-refractivity contribution is -0.0423. The number of hydrogen-bond donors (Lipinski definition) is 0. The summed E-state index contributed by atoms with van der Waals surface area (Å²) in [6.07, 6.45) is 0.666. The molecule has 2 aromatic rings. The molecule has 30 heavy (non-hydrogen) atoms. The second-order valence-corrected chi connectivity index (χ2v) is 8.64. The maximum Gasteiger partial charge on any atom is 0.256 e. The minimum absolute atomic E-state index is 0.0973. The highest BCUT2D eigenvalue weighted by Crippen LogP contribution is 2.41. The number of hydrogen-bond acceptors (Lipinski definition) is 4. The molecule has 2 aliphatic heterocycles. The van der Waals surface area contributed by atoms with Gasteiger partial charge in [-0.3, -0.25) is 4.79 Å². The van der Waals surface area contributed by atoms with Crippen LogP contribution in [0.2, 0.25) is 10.0 Å². The lowest BCUT2D eigenvalue weighted by Gasteiger charge is -2.35. The summed E-state index contributed by atoms with van der Waals surface area (Å²) < 4.78 is 16.1. The van der Waals surface area contributed by atoms with Gasteiger partial charge in [0.15, 0.2) is 0 Å². The number of ether oxygens (including phenoxy) is 3. The fourth-order valence-electron chi connectivity index (χ4n) is 4.12. The molecule has 0 aliphatic carbocycles. The van der Waals surface area contributed by atoms with Crippen molar-refractivity contribution in [3.05, 3.63) is 56.6 Å². The molecule has 1 atom stereocenters. The molecule has 1 unspecified atom stereocenters. The number of amides is 1. The Morgan fingerprint density at radius 2 is 1.97 bits per heavy atom. The number of rotatable bonds is 6. The molecule has 0 spiro atoms. The predicted molar refractivity (Wildman–Crippen MR) is 117 cm³/mol. The van der Waals surface area contributed by atoms with Crippen LogP contribution in [0, 0.1) is 5.92 Å². The van der Waals surface area contributed by atoms with Gasteiger partial charge in [0, 0.05) is 35.7 Å². The number of methoxy groups -OCH3 is 2. The van der Waals surface area contributed by atoms with Crippen molar-refractivity contribution >= 4 is 29.1 Å². The number of nitrogens with zero attached hydrogens (tertiary/aromatic N) is 1. The fourth-order valence-corrected chi connectivity index (χ4v) is 4.85. The second-order valence-electron chi connectivity index (χ2n) is 7.86. The van der Waals surface area contributed by atoms with Crippen LogP contribution in [0.4, 0.5) is 0 Å². The molecule has 5 nitrogen and oxygen atoms in total. The molecule has 160 valence electrons. The van der Waals surface area contributed by atoms with Crippen LogP contribution in [-0.4, -0.2) is 44.8 Å². The first-order valence-electron chi connectivity index (χ1n) is 10.0. The van der Waals surface area contributed by atoms with Gasteiger partial charge in [-0.25, -0.2) is 0 Å². The molecule has 1 saturated heterocycles. The number of carbonyl (C=O) groups is 1. The number of fused-ring (bicyclic) bond motifs is 1. The molecule has 7 heteroatoms. The first-order chi connectivity index (χ1) is 14.4. The first kappa shape index (κ1) is 21.3. The summed E-state index contributed by atoms with van der Waals surface area (Å²) in [5.74, 6) is 1.87. The van der Waals surface area contributed by atoms with E-state index in [0.29, 0.717) is 65.7 Å². The standard InChI is InChI=1S/C23H25Cl2NO4/c1-13(15-11-30-12-15)18-9-19(24)17-6-7-26(23(27)21(17)22(18)25)10-14-4-5-16(28-2)8-20(14)29-3/h4-5,8-9,13,15H,6-7,10-12H2,1-3H3. The van der Waals surface area contributed by atoms with E-state index in [-0.39, 0.29) is 11.8 Å².